The molecule has 4 unspecified atom stereocenters. The number of fused-ring (bicyclic) bond motifs is 7. The van der Waals surface area contributed by atoms with Crippen LogP contribution in [0.3, 0.4) is 0 Å². The highest BCUT2D eigenvalue weighted by Crippen LogP contribution is 2.49. The van der Waals surface area contributed by atoms with Gasteiger partial charge in [0.2, 0.25) is 0 Å². The second-order valence-corrected chi connectivity index (χ2v) is 19.7. The summed E-state index contributed by atoms with van der Waals surface area (Å²) in [6.45, 7) is 13.5. The average Bonchev–Trinajstić information content (AvgIpc) is 4.01. The fraction of sp³-hybridized carbons (Fsp3) is 0.581. The molecule has 4 saturated heterocycles. The Bertz CT molecular complexity index is 2490. The van der Waals surface area contributed by atoms with Crippen molar-refractivity contribution in [1.82, 2.24) is 24.8 Å². The minimum atomic E-state index is -0.839. The Balaban J connectivity index is 1.19. The number of carbonyl (C=O) groups is 2. The third kappa shape index (κ3) is 7.36. The van der Waals surface area contributed by atoms with Crippen molar-refractivity contribution < 1.29 is 42.1 Å². The number of halogens is 2. The van der Waals surface area contributed by atoms with Crippen LogP contribution < -0.4 is 15.0 Å². The molecule has 0 saturated carbocycles. The van der Waals surface area contributed by atoms with Crippen LogP contribution in [0, 0.1) is 23.0 Å². The molecule has 0 radical (unpaired) electrons. The van der Waals surface area contributed by atoms with Crippen LogP contribution in [-0.2, 0) is 32.2 Å². The molecule has 3 aromatic heterocycles. The lowest BCUT2D eigenvalue weighted by atomic mass is 9.93. The minimum absolute atomic E-state index is 0.00308. The summed E-state index contributed by atoms with van der Waals surface area (Å²) < 4.78 is 63.2. The first-order chi connectivity index (χ1) is 29.0. The number of benzene rings is 1. The van der Waals surface area contributed by atoms with E-state index in [1.54, 1.807) is 32.8 Å². The standard InChI is InChI=1S/C43H50F2N8O7S/c1-41(2,3)59-39(54)50-37-25(14-46)30-33(47-15-28(44)35(30)61-37)29-26-19-57-20-27(26)31-34(32(29)45)48-38(58-21-43-11-8-12-52(43)18-24(13-43)56-7)49-36(31)53-22-9-10-23(53)17-51(16-22)40(55)60-42(4,5)6/h15,22-24H,8-13,16-21H2,1-7H3,(H,50,54). The highest BCUT2D eigenvalue weighted by atomic mass is 32.1. The van der Waals surface area contributed by atoms with Crippen LogP contribution in [-0.4, -0.2) is 112 Å². The summed E-state index contributed by atoms with van der Waals surface area (Å²) in [5.74, 6) is -1.01. The van der Waals surface area contributed by atoms with Crippen molar-refractivity contribution in [2.75, 3.05) is 50.1 Å². The van der Waals surface area contributed by atoms with Gasteiger partial charge in [0.05, 0.1) is 52.4 Å². The van der Waals surface area contributed by atoms with Gasteiger partial charge in [0.15, 0.2) is 11.6 Å². The van der Waals surface area contributed by atoms with E-state index < -0.39 is 28.9 Å². The minimum Gasteiger partial charge on any atom is -0.461 e. The lowest BCUT2D eigenvalue weighted by molar-refractivity contribution is 0.0209. The van der Waals surface area contributed by atoms with Crippen LogP contribution in [0.5, 0.6) is 6.01 Å². The van der Waals surface area contributed by atoms with Gasteiger partial charge in [-0.05, 0) is 91.3 Å². The van der Waals surface area contributed by atoms with E-state index >= 15 is 8.78 Å². The number of likely N-dealkylation sites (tertiary alicyclic amines) is 1. The number of aromatic nitrogens is 3. The van der Waals surface area contributed by atoms with Gasteiger partial charge in [0, 0.05) is 49.8 Å². The lowest BCUT2D eigenvalue weighted by Crippen LogP contribution is -2.56. The van der Waals surface area contributed by atoms with Crippen LogP contribution >= 0.6 is 11.3 Å². The quantitative estimate of drug-likeness (QED) is 0.193. The molecule has 9 rings (SSSR count). The number of carbonyl (C=O) groups excluding carboxylic acids is 2. The molecule has 1 aromatic carbocycles. The maximum atomic E-state index is 18.0. The van der Waals surface area contributed by atoms with Crippen molar-refractivity contribution in [1.29, 1.82) is 5.26 Å². The Kier molecular flexibility index (Phi) is 10.3. The topological polar surface area (TPSA) is 165 Å². The molecule has 5 aliphatic rings. The average molecular weight is 861 g/mol. The van der Waals surface area contributed by atoms with E-state index in [1.807, 2.05) is 20.8 Å². The van der Waals surface area contributed by atoms with E-state index in [0.717, 1.165) is 62.7 Å². The maximum absolute atomic E-state index is 18.0. The largest absolute Gasteiger partial charge is 0.461 e. The summed E-state index contributed by atoms with van der Waals surface area (Å²) in [6.07, 6.45) is 4.08. The van der Waals surface area contributed by atoms with Gasteiger partial charge >= 0.3 is 18.2 Å². The number of pyridine rings is 1. The summed E-state index contributed by atoms with van der Waals surface area (Å²) >= 11 is 0.839. The summed E-state index contributed by atoms with van der Waals surface area (Å²) in [6, 6.07) is 1.78. The lowest BCUT2D eigenvalue weighted by Gasteiger charge is -2.42. The van der Waals surface area contributed by atoms with Gasteiger partial charge in [-0.25, -0.2) is 18.4 Å². The predicted octanol–water partition coefficient (Wildman–Crippen LogP) is 7.65. The summed E-state index contributed by atoms with van der Waals surface area (Å²) in [4.78, 5) is 46.8. The number of nitrogens with one attached hydrogen (secondary N) is 1. The van der Waals surface area contributed by atoms with E-state index in [4.69, 9.17) is 33.7 Å². The normalized spacial score (nSPS) is 23.7. The molecule has 15 nitrogen and oxygen atoms in total. The van der Waals surface area contributed by atoms with E-state index in [9.17, 15) is 14.9 Å². The number of thiophene rings is 1. The zero-order valence-electron chi connectivity index (χ0n) is 35.4. The van der Waals surface area contributed by atoms with Crippen LogP contribution in [0.4, 0.5) is 29.2 Å². The Morgan fingerprint density at radius 1 is 1.03 bits per heavy atom. The zero-order valence-corrected chi connectivity index (χ0v) is 36.3. The maximum Gasteiger partial charge on any atom is 0.412 e. The van der Waals surface area contributed by atoms with E-state index in [1.165, 1.54) is 0 Å². The Morgan fingerprint density at radius 3 is 2.44 bits per heavy atom. The molecule has 5 aliphatic heterocycles. The molecule has 1 N–H and O–H groups in total. The molecule has 0 aliphatic carbocycles. The van der Waals surface area contributed by atoms with Crippen molar-refractivity contribution in [3.63, 3.8) is 0 Å². The van der Waals surface area contributed by atoms with Gasteiger partial charge in [-0.15, -0.1) is 11.3 Å². The molecule has 2 amide bonds. The van der Waals surface area contributed by atoms with Crippen LogP contribution in [0.2, 0.25) is 0 Å². The van der Waals surface area contributed by atoms with Crippen LogP contribution in [0.25, 0.3) is 32.2 Å². The number of methoxy groups -OCH3 is 1. The third-order valence-corrected chi connectivity index (χ3v) is 13.5. The number of nitrogens with zero attached hydrogens (tertiary/aromatic N) is 7. The van der Waals surface area contributed by atoms with Crippen molar-refractivity contribution >= 4 is 55.3 Å². The van der Waals surface area contributed by atoms with Crippen molar-refractivity contribution in [2.24, 2.45) is 0 Å². The molecule has 4 fully saturated rings. The number of ether oxygens (including phenoxy) is 5. The van der Waals surface area contributed by atoms with E-state index in [2.05, 4.69) is 26.2 Å². The third-order valence-electron chi connectivity index (χ3n) is 12.3. The molecule has 8 heterocycles. The molecule has 61 heavy (non-hydrogen) atoms. The smallest absolute Gasteiger partial charge is 0.412 e. The molecule has 4 aromatic rings. The Hall–Kier alpha value is -4.96. The van der Waals surface area contributed by atoms with Crippen molar-refractivity contribution in [3.8, 4) is 23.3 Å². The van der Waals surface area contributed by atoms with Gasteiger partial charge < -0.3 is 33.5 Å². The molecule has 18 heteroatoms. The van der Waals surface area contributed by atoms with Gasteiger partial charge in [0.1, 0.15) is 40.2 Å². The number of rotatable bonds is 7. The number of hydrogen-bond donors (Lipinski definition) is 1. The number of hydrogen-bond acceptors (Lipinski definition) is 14. The Labute approximate surface area is 356 Å². The van der Waals surface area contributed by atoms with Gasteiger partial charge in [0.25, 0.3) is 0 Å². The SMILES string of the molecule is COC1CN2CCCC2(COc2nc(N3C4CCC3CN(C(=O)OC(C)(C)C)C4)c3c4c(c(-c5ncc(F)c6sc(NC(=O)OC(C)(C)C)c(C#N)c56)c(F)c3n2)COC4)C1. The number of anilines is 2. The molecular formula is C43H50F2N8O7S. The highest BCUT2D eigenvalue weighted by Gasteiger charge is 2.50. The van der Waals surface area contributed by atoms with Crippen LogP contribution in [0.15, 0.2) is 6.20 Å². The summed E-state index contributed by atoms with van der Waals surface area (Å²) in [7, 11) is 1.72. The fourth-order valence-corrected chi connectivity index (χ4v) is 10.9. The van der Waals surface area contributed by atoms with Gasteiger partial charge in [-0.2, -0.15) is 15.2 Å². The number of nitriles is 1. The fourth-order valence-electron chi connectivity index (χ4n) is 9.89. The molecule has 324 valence electrons. The number of amides is 2. The first kappa shape index (κ1) is 41.4. The Morgan fingerprint density at radius 2 is 1.75 bits per heavy atom. The highest BCUT2D eigenvalue weighted by molar-refractivity contribution is 7.23. The monoisotopic (exact) mass is 860 g/mol. The summed E-state index contributed by atoms with van der Waals surface area (Å²) in [5.41, 5.74) is -0.772. The first-order valence-corrected chi connectivity index (χ1v) is 21.6. The predicted molar refractivity (Wildman–Crippen MR) is 223 cm³/mol. The van der Waals surface area contributed by atoms with Crippen molar-refractivity contribution in [2.45, 2.75) is 122 Å². The number of piperazine rings is 1. The second-order valence-electron chi connectivity index (χ2n) is 18.7. The van der Waals surface area contributed by atoms with Gasteiger partial charge in [-0.3, -0.25) is 15.2 Å². The van der Waals surface area contributed by atoms with E-state index in [-0.39, 0.29) is 93.1 Å². The molecule has 4 atom stereocenters. The second kappa shape index (κ2) is 15.1. The molecular weight excluding hydrogens is 811 g/mol. The zero-order chi connectivity index (χ0) is 43.2. The van der Waals surface area contributed by atoms with E-state index in [0.29, 0.717) is 35.4 Å². The van der Waals surface area contributed by atoms with Crippen LogP contribution in [0.1, 0.15) is 90.3 Å². The first-order valence-electron chi connectivity index (χ1n) is 20.8. The molecule has 0 spiro atoms. The van der Waals surface area contributed by atoms with Crippen molar-refractivity contribution in [3.05, 3.63) is 34.5 Å². The summed E-state index contributed by atoms with van der Waals surface area (Å²) in [5, 5.41) is 13.6. The molecule has 2 bridgehead atoms. The van der Waals surface area contributed by atoms with Gasteiger partial charge in [-0.1, -0.05) is 0 Å².